The van der Waals surface area contributed by atoms with E-state index >= 15 is 0 Å². The number of hydrogen-bond donors (Lipinski definition) is 1. The number of hydrogen-bond acceptors (Lipinski definition) is 3. The topological polar surface area (TPSA) is 24.5 Å². The molecule has 2 heterocycles. The lowest BCUT2D eigenvalue weighted by atomic mass is 9.91. The van der Waals surface area contributed by atoms with Gasteiger partial charge in [-0.2, -0.15) is 0 Å². The third-order valence-electron chi connectivity index (χ3n) is 4.08. The number of nitrogens with zero attached hydrogens (tertiary/aromatic N) is 1. The molecule has 2 rings (SSSR count). The van der Waals surface area contributed by atoms with E-state index in [1.54, 1.807) is 0 Å². The van der Waals surface area contributed by atoms with Crippen LogP contribution >= 0.6 is 0 Å². The van der Waals surface area contributed by atoms with Gasteiger partial charge in [-0.1, -0.05) is 20.3 Å². The van der Waals surface area contributed by atoms with Crippen molar-refractivity contribution in [3.8, 4) is 0 Å². The molecule has 0 aromatic heterocycles. The predicted molar refractivity (Wildman–Crippen MR) is 71.0 cm³/mol. The fourth-order valence-electron chi connectivity index (χ4n) is 2.60. The first kappa shape index (κ1) is 13.3. The van der Waals surface area contributed by atoms with Crippen molar-refractivity contribution in [1.82, 2.24) is 10.2 Å². The van der Waals surface area contributed by atoms with E-state index < -0.39 is 0 Å². The molecule has 3 heteroatoms. The molecule has 0 radical (unpaired) electrons. The molecule has 0 saturated carbocycles. The maximum atomic E-state index is 6.03. The van der Waals surface area contributed by atoms with E-state index in [2.05, 4.69) is 31.0 Å². The quantitative estimate of drug-likeness (QED) is 0.818. The van der Waals surface area contributed by atoms with E-state index in [1.807, 2.05) is 0 Å². The van der Waals surface area contributed by atoms with E-state index in [4.69, 9.17) is 4.74 Å². The molecular weight excluding hydrogens is 212 g/mol. The van der Waals surface area contributed by atoms with E-state index in [9.17, 15) is 0 Å². The van der Waals surface area contributed by atoms with Gasteiger partial charge in [-0.3, -0.25) is 5.32 Å². The van der Waals surface area contributed by atoms with Gasteiger partial charge in [0.1, 0.15) is 5.72 Å². The second-order valence-corrected chi connectivity index (χ2v) is 6.69. The van der Waals surface area contributed by atoms with Gasteiger partial charge >= 0.3 is 0 Å². The van der Waals surface area contributed by atoms with Crippen molar-refractivity contribution >= 4 is 0 Å². The summed E-state index contributed by atoms with van der Waals surface area (Å²) >= 11 is 0. The lowest BCUT2D eigenvalue weighted by molar-refractivity contribution is -0.132. The molecule has 1 unspecified atom stereocenters. The van der Waals surface area contributed by atoms with Crippen molar-refractivity contribution in [2.45, 2.75) is 52.2 Å². The SMILES string of the molecule is CC1(C)CNC(C)(CCN2CCCCC2)OC1. The van der Waals surface area contributed by atoms with Crippen LogP contribution in [0.1, 0.15) is 46.5 Å². The normalized spacial score (nSPS) is 34.8. The summed E-state index contributed by atoms with van der Waals surface area (Å²) in [5, 5.41) is 3.58. The van der Waals surface area contributed by atoms with Crippen LogP contribution < -0.4 is 5.32 Å². The zero-order chi connectivity index (χ0) is 12.4. The Hall–Kier alpha value is -0.120. The Kier molecular flexibility index (Phi) is 4.11. The average Bonchev–Trinajstić information content (AvgIpc) is 2.33. The highest BCUT2D eigenvalue weighted by molar-refractivity contribution is 4.85. The fraction of sp³-hybridized carbons (Fsp3) is 1.00. The van der Waals surface area contributed by atoms with Gasteiger partial charge in [0.05, 0.1) is 6.61 Å². The van der Waals surface area contributed by atoms with Crippen molar-refractivity contribution < 1.29 is 4.74 Å². The molecule has 0 bridgehead atoms. The van der Waals surface area contributed by atoms with Gasteiger partial charge in [0.15, 0.2) is 0 Å². The molecular formula is C14H28N2O. The Morgan fingerprint density at radius 2 is 1.82 bits per heavy atom. The van der Waals surface area contributed by atoms with Crippen molar-refractivity contribution in [2.24, 2.45) is 5.41 Å². The van der Waals surface area contributed by atoms with Gasteiger partial charge < -0.3 is 9.64 Å². The van der Waals surface area contributed by atoms with Gasteiger partial charge in [0.2, 0.25) is 0 Å². The van der Waals surface area contributed by atoms with Gasteiger partial charge in [0, 0.05) is 24.9 Å². The first-order valence-corrected chi connectivity index (χ1v) is 7.11. The van der Waals surface area contributed by atoms with Gasteiger partial charge in [-0.15, -0.1) is 0 Å². The summed E-state index contributed by atoms with van der Waals surface area (Å²) in [6.07, 6.45) is 5.26. The maximum Gasteiger partial charge on any atom is 0.117 e. The molecule has 1 atom stereocenters. The Balaban J connectivity index is 1.74. The molecule has 2 saturated heterocycles. The molecule has 17 heavy (non-hydrogen) atoms. The molecule has 2 aliphatic rings. The van der Waals surface area contributed by atoms with Crippen LogP contribution in [0.4, 0.5) is 0 Å². The van der Waals surface area contributed by atoms with Gasteiger partial charge in [-0.25, -0.2) is 0 Å². The van der Waals surface area contributed by atoms with Crippen LogP contribution in [0.5, 0.6) is 0 Å². The minimum Gasteiger partial charge on any atom is -0.360 e. The molecule has 0 amide bonds. The van der Waals surface area contributed by atoms with Crippen molar-refractivity contribution in [2.75, 3.05) is 32.8 Å². The first-order valence-electron chi connectivity index (χ1n) is 7.11. The third-order valence-corrected chi connectivity index (χ3v) is 4.08. The Labute approximate surface area is 106 Å². The minimum atomic E-state index is -0.104. The van der Waals surface area contributed by atoms with Crippen molar-refractivity contribution in [3.05, 3.63) is 0 Å². The van der Waals surface area contributed by atoms with E-state index in [0.717, 1.165) is 19.6 Å². The third kappa shape index (κ3) is 3.94. The average molecular weight is 240 g/mol. The number of piperidine rings is 1. The number of rotatable bonds is 3. The lowest BCUT2D eigenvalue weighted by Gasteiger charge is -2.43. The summed E-state index contributed by atoms with van der Waals surface area (Å²) in [6, 6.07) is 0. The molecule has 0 aromatic rings. The second kappa shape index (κ2) is 5.25. The van der Waals surface area contributed by atoms with Crippen LogP contribution in [0.25, 0.3) is 0 Å². The highest BCUT2D eigenvalue weighted by atomic mass is 16.5. The van der Waals surface area contributed by atoms with Gasteiger partial charge in [0.25, 0.3) is 0 Å². The van der Waals surface area contributed by atoms with E-state index in [-0.39, 0.29) is 11.1 Å². The number of nitrogens with one attached hydrogen (secondary N) is 1. The molecule has 3 nitrogen and oxygen atoms in total. The van der Waals surface area contributed by atoms with Crippen molar-refractivity contribution in [3.63, 3.8) is 0 Å². The van der Waals surface area contributed by atoms with Gasteiger partial charge in [-0.05, 0) is 32.9 Å². The molecule has 0 aliphatic carbocycles. The molecule has 0 spiro atoms. The van der Waals surface area contributed by atoms with Crippen LogP contribution in [0.3, 0.4) is 0 Å². The van der Waals surface area contributed by atoms with Crippen LogP contribution in [0.2, 0.25) is 0 Å². The summed E-state index contributed by atoms with van der Waals surface area (Å²) in [6.45, 7) is 12.4. The molecule has 2 fully saturated rings. The highest BCUT2D eigenvalue weighted by Gasteiger charge is 2.35. The molecule has 2 aliphatic heterocycles. The molecule has 0 aromatic carbocycles. The summed E-state index contributed by atoms with van der Waals surface area (Å²) in [5.74, 6) is 0. The monoisotopic (exact) mass is 240 g/mol. The van der Waals surface area contributed by atoms with E-state index in [0.29, 0.717) is 0 Å². The predicted octanol–water partition coefficient (Wildman–Crippen LogP) is 2.22. The summed E-state index contributed by atoms with van der Waals surface area (Å²) in [7, 11) is 0. The van der Waals surface area contributed by atoms with Crippen LogP contribution in [0.15, 0.2) is 0 Å². The summed E-state index contributed by atoms with van der Waals surface area (Å²) < 4.78 is 6.03. The summed E-state index contributed by atoms with van der Waals surface area (Å²) in [5.41, 5.74) is 0.178. The van der Waals surface area contributed by atoms with Crippen molar-refractivity contribution in [1.29, 1.82) is 0 Å². The zero-order valence-electron chi connectivity index (χ0n) is 11.7. The largest absolute Gasteiger partial charge is 0.360 e. The molecule has 100 valence electrons. The summed E-state index contributed by atoms with van der Waals surface area (Å²) in [4.78, 5) is 2.58. The smallest absolute Gasteiger partial charge is 0.117 e. The Bertz CT molecular complexity index is 237. The van der Waals surface area contributed by atoms with Crippen LogP contribution in [-0.2, 0) is 4.74 Å². The van der Waals surface area contributed by atoms with E-state index in [1.165, 1.54) is 38.9 Å². The number of likely N-dealkylation sites (tertiary alicyclic amines) is 1. The molecule has 1 N–H and O–H groups in total. The minimum absolute atomic E-state index is 0.104. The Morgan fingerprint density at radius 3 is 2.41 bits per heavy atom. The highest BCUT2D eigenvalue weighted by Crippen LogP contribution is 2.26. The number of ether oxygens (including phenoxy) is 1. The van der Waals surface area contributed by atoms with Crippen LogP contribution in [0, 0.1) is 5.41 Å². The zero-order valence-corrected chi connectivity index (χ0v) is 11.7. The standard InChI is InChI=1S/C14H28N2O/c1-13(2)11-15-14(3,17-12-13)7-10-16-8-5-4-6-9-16/h15H,4-12H2,1-3H3. The Morgan fingerprint density at radius 1 is 1.12 bits per heavy atom. The fourth-order valence-corrected chi connectivity index (χ4v) is 2.60. The second-order valence-electron chi connectivity index (χ2n) is 6.69. The maximum absolute atomic E-state index is 6.03. The first-order chi connectivity index (χ1) is 7.99. The lowest BCUT2D eigenvalue weighted by Crippen LogP contribution is -2.56. The van der Waals surface area contributed by atoms with Crippen LogP contribution in [-0.4, -0.2) is 43.4 Å².